The number of hydrogen-bond donors (Lipinski definition) is 1. The van der Waals surface area contributed by atoms with Gasteiger partial charge in [-0.05, 0) is 11.6 Å². The summed E-state index contributed by atoms with van der Waals surface area (Å²) >= 11 is 0. The highest BCUT2D eigenvalue weighted by Gasteiger charge is 2.16. The van der Waals surface area contributed by atoms with E-state index in [1.165, 1.54) is 0 Å². The number of carbonyl (C=O) groups excluding carboxylic acids is 1. The van der Waals surface area contributed by atoms with Crippen LogP contribution in [0.3, 0.4) is 0 Å². The minimum absolute atomic E-state index is 0.336. The maximum Gasteiger partial charge on any atom is 0.329 e. The molecule has 0 aliphatic heterocycles. The van der Waals surface area contributed by atoms with Crippen LogP contribution in [-0.2, 0) is 27.6 Å². The van der Waals surface area contributed by atoms with Crippen LogP contribution in [0.5, 0.6) is 5.75 Å². The Balaban J connectivity index is 2.87. The molecule has 0 unspecified atom stereocenters. The predicted molar refractivity (Wildman–Crippen MR) is 73.0 cm³/mol. The summed E-state index contributed by atoms with van der Waals surface area (Å²) in [5, 5.41) is 0. The lowest BCUT2D eigenvalue weighted by Gasteiger charge is -2.09. The van der Waals surface area contributed by atoms with E-state index in [9.17, 15) is 13.2 Å². The molecule has 0 atom stereocenters. The molecule has 0 amide bonds. The third kappa shape index (κ3) is 4.54. The molecule has 0 bridgehead atoms. The predicted octanol–water partition coefficient (Wildman–Crippen LogP) is -1.25. The average Bonchev–Trinajstić information content (AvgIpc) is 2.27. The quantitative estimate of drug-likeness (QED) is 0.312. The maximum absolute atomic E-state index is 11.3. The lowest BCUT2D eigenvalue weighted by atomic mass is 9.90. The first-order valence-electron chi connectivity index (χ1n) is 5.63. The molecule has 0 aromatic heterocycles. The SMILES string of the molecule is BCc1ccc(OC(=O)CS(=O)(=O)O)c(CB)c1. The second kappa shape index (κ2) is 6.06. The number of hydrogen-bond acceptors (Lipinski definition) is 4. The highest BCUT2D eigenvalue weighted by molar-refractivity contribution is 7.86. The van der Waals surface area contributed by atoms with Gasteiger partial charge in [0.25, 0.3) is 10.1 Å². The Bertz CT molecular complexity index is 541. The van der Waals surface area contributed by atoms with Crippen molar-refractivity contribution in [2.45, 2.75) is 12.6 Å². The van der Waals surface area contributed by atoms with E-state index in [0.717, 1.165) is 17.4 Å². The molecule has 0 saturated carbocycles. The largest absolute Gasteiger partial charge is 0.425 e. The first-order valence-corrected chi connectivity index (χ1v) is 7.24. The summed E-state index contributed by atoms with van der Waals surface area (Å²) in [4.78, 5) is 11.3. The Kier molecular flexibility index (Phi) is 4.98. The van der Waals surface area contributed by atoms with Gasteiger partial charge in [0.15, 0.2) is 5.75 Å². The zero-order valence-electron chi connectivity index (χ0n) is 10.3. The molecule has 0 radical (unpaired) electrons. The second-order valence-electron chi connectivity index (χ2n) is 3.85. The molecule has 0 spiro atoms. The van der Waals surface area contributed by atoms with Crippen LogP contribution in [0, 0.1) is 0 Å². The number of benzene rings is 1. The first kappa shape index (κ1) is 14.8. The lowest BCUT2D eigenvalue weighted by Crippen LogP contribution is -2.20. The molecule has 0 fully saturated rings. The van der Waals surface area contributed by atoms with E-state index in [1.807, 2.05) is 27.8 Å². The summed E-state index contributed by atoms with van der Waals surface area (Å²) in [6.07, 6.45) is 1.54. The number of ether oxygens (including phenoxy) is 1. The topological polar surface area (TPSA) is 80.7 Å². The van der Waals surface area contributed by atoms with Crippen LogP contribution in [0.15, 0.2) is 18.2 Å². The average molecular weight is 268 g/mol. The molecule has 0 saturated heterocycles. The summed E-state index contributed by atoms with van der Waals surface area (Å²) in [5.41, 5.74) is 1.94. The fourth-order valence-electron chi connectivity index (χ4n) is 1.53. The Morgan fingerprint density at radius 1 is 1.28 bits per heavy atom. The van der Waals surface area contributed by atoms with Gasteiger partial charge in [-0.1, -0.05) is 30.3 Å². The normalized spacial score (nSPS) is 11.2. The third-order valence-corrected chi connectivity index (χ3v) is 3.04. The highest BCUT2D eigenvalue weighted by atomic mass is 32.2. The van der Waals surface area contributed by atoms with Crippen molar-refractivity contribution in [1.82, 2.24) is 0 Å². The maximum atomic E-state index is 11.3. The summed E-state index contributed by atoms with van der Waals surface area (Å²) in [6.45, 7) is 0. The van der Waals surface area contributed by atoms with E-state index in [2.05, 4.69) is 0 Å². The van der Waals surface area contributed by atoms with Gasteiger partial charge in [0.1, 0.15) is 21.4 Å². The fourth-order valence-corrected chi connectivity index (χ4v) is 1.89. The molecule has 96 valence electrons. The summed E-state index contributed by atoms with van der Waals surface area (Å²) in [6, 6.07) is 5.37. The smallest absolute Gasteiger partial charge is 0.329 e. The van der Waals surface area contributed by atoms with Crippen molar-refractivity contribution in [3.8, 4) is 5.75 Å². The van der Waals surface area contributed by atoms with Gasteiger partial charge in [-0.15, -0.1) is 0 Å². The van der Waals surface area contributed by atoms with Crippen LogP contribution in [0.4, 0.5) is 0 Å². The summed E-state index contributed by atoms with van der Waals surface area (Å²) in [5.74, 6) is -1.69. The van der Waals surface area contributed by atoms with Crippen LogP contribution in [-0.4, -0.2) is 40.4 Å². The molecule has 1 N–H and O–H groups in total. The van der Waals surface area contributed by atoms with E-state index >= 15 is 0 Å². The van der Waals surface area contributed by atoms with Gasteiger partial charge in [-0.3, -0.25) is 9.35 Å². The molecule has 5 nitrogen and oxygen atoms in total. The van der Waals surface area contributed by atoms with Crippen molar-refractivity contribution in [2.75, 3.05) is 5.75 Å². The van der Waals surface area contributed by atoms with Gasteiger partial charge in [-0.2, -0.15) is 8.42 Å². The number of esters is 1. The Labute approximate surface area is 108 Å². The van der Waals surface area contributed by atoms with E-state index in [1.54, 1.807) is 6.07 Å². The van der Waals surface area contributed by atoms with Crippen LogP contribution < -0.4 is 4.74 Å². The van der Waals surface area contributed by atoms with Crippen LogP contribution in [0.25, 0.3) is 0 Å². The van der Waals surface area contributed by atoms with Crippen molar-refractivity contribution < 1.29 is 22.5 Å². The number of carbonyl (C=O) groups is 1. The summed E-state index contributed by atoms with van der Waals surface area (Å²) in [7, 11) is -0.426. The van der Waals surface area contributed by atoms with E-state index < -0.39 is 21.8 Å². The Hall–Kier alpha value is -1.27. The third-order valence-electron chi connectivity index (χ3n) is 2.44. The second-order valence-corrected chi connectivity index (χ2v) is 5.30. The zero-order valence-corrected chi connectivity index (χ0v) is 11.2. The van der Waals surface area contributed by atoms with Gasteiger partial charge in [0, 0.05) is 0 Å². The first-order chi connectivity index (χ1) is 8.35. The minimum Gasteiger partial charge on any atom is -0.425 e. The molecular weight excluding hydrogens is 254 g/mol. The molecule has 8 heteroatoms. The van der Waals surface area contributed by atoms with Gasteiger partial charge < -0.3 is 4.74 Å². The molecule has 18 heavy (non-hydrogen) atoms. The van der Waals surface area contributed by atoms with Gasteiger partial charge in [0.05, 0.1) is 0 Å². The van der Waals surface area contributed by atoms with Crippen molar-refractivity contribution in [2.24, 2.45) is 0 Å². The van der Waals surface area contributed by atoms with Crippen LogP contribution in [0.2, 0.25) is 0 Å². The van der Waals surface area contributed by atoms with Crippen LogP contribution >= 0.6 is 0 Å². The fraction of sp³-hybridized carbons (Fsp3) is 0.300. The van der Waals surface area contributed by atoms with E-state index in [0.29, 0.717) is 12.1 Å². The molecular formula is C10H14B2O5S. The Morgan fingerprint density at radius 2 is 1.94 bits per heavy atom. The highest BCUT2D eigenvalue weighted by Crippen LogP contribution is 2.20. The molecule has 0 aliphatic carbocycles. The van der Waals surface area contributed by atoms with Gasteiger partial charge in [0.2, 0.25) is 0 Å². The summed E-state index contributed by atoms with van der Waals surface area (Å²) < 4.78 is 34.6. The Morgan fingerprint density at radius 3 is 2.44 bits per heavy atom. The molecule has 1 aromatic rings. The van der Waals surface area contributed by atoms with Crippen LogP contribution in [0.1, 0.15) is 11.1 Å². The number of rotatable bonds is 5. The van der Waals surface area contributed by atoms with Crippen molar-refractivity contribution in [1.29, 1.82) is 0 Å². The van der Waals surface area contributed by atoms with Crippen molar-refractivity contribution in [3.05, 3.63) is 29.3 Å². The van der Waals surface area contributed by atoms with E-state index in [4.69, 9.17) is 9.29 Å². The molecule has 1 aromatic carbocycles. The molecule has 1 rings (SSSR count). The molecule has 0 aliphatic rings. The van der Waals surface area contributed by atoms with Gasteiger partial charge in [-0.25, -0.2) is 0 Å². The van der Waals surface area contributed by atoms with Crippen molar-refractivity contribution >= 4 is 31.8 Å². The lowest BCUT2D eigenvalue weighted by molar-refractivity contribution is -0.131. The van der Waals surface area contributed by atoms with Crippen molar-refractivity contribution in [3.63, 3.8) is 0 Å². The zero-order chi connectivity index (χ0) is 13.8. The standard InChI is InChI=1S/C10H14B2O5S/c11-4-7-1-2-9(8(3-7)5-12)17-10(13)6-18(14,15)16/h1-3H,4-6,11-12H2,(H,14,15,16). The monoisotopic (exact) mass is 268 g/mol. The van der Waals surface area contributed by atoms with E-state index in [-0.39, 0.29) is 0 Å². The van der Waals surface area contributed by atoms with Gasteiger partial charge >= 0.3 is 5.97 Å². The molecule has 0 heterocycles. The minimum atomic E-state index is -4.35.